The summed E-state index contributed by atoms with van der Waals surface area (Å²) >= 11 is 0. The molecule has 1 aromatic carbocycles. The molecule has 6 heteroatoms. The lowest BCUT2D eigenvalue weighted by Gasteiger charge is -2.38. The molecule has 2 aromatic rings. The third-order valence-corrected chi connectivity index (χ3v) is 6.24. The van der Waals surface area contributed by atoms with E-state index in [0.717, 1.165) is 34.6 Å². The lowest BCUT2D eigenvalue weighted by molar-refractivity contribution is 0.0235. The van der Waals surface area contributed by atoms with Crippen molar-refractivity contribution in [1.29, 1.82) is 0 Å². The Morgan fingerprint density at radius 3 is 2.71 bits per heavy atom. The number of aliphatic hydroxyl groups is 1. The molecule has 148 valence electrons. The number of aromatic nitrogens is 1. The zero-order valence-electron chi connectivity index (χ0n) is 16.5. The summed E-state index contributed by atoms with van der Waals surface area (Å²) in [7, 11) is 0. The zero-order chi connectivity index (χ0) is 20.0. The molecule has 1 atom stereocenters. The Morgan fingerprint density at radius 2 is 2.00 bits per heavy atom. The molecule has 3 N–H and O–H groups in total. The Hall–Kier alpha value is -2.60. The van der Waals surface area contributed by atoms with Crippen LogP contribution in [0.1, 0.15) is 57.2 Å². The predicted molar refractivity (Wildman–Crippen MR) is 106 cm³/mol. The average molecular weight is 382 g/mol. The molecule has 2 heterocycles. The Balaban J connectivity index is 1.66. The highest BCUT2D eigenvalue weighted by atomic mass is 16.5. The van der Waals surface area contributed by atoms with Gasteiger partial charge in [-0.3, -0.25) is 9.59 Å². The van der Waals surface area contributed by atoms with Crippen molar-refractivity contribution in [2.24, 2.45) is 5.92 Å². The number of rotatable bonds is 4. The van der Waals surface area contributed by atoms with Crippen molar-refractivity contribution in [3.8, 4) is 5.75 Å². The highest BCUT2D eigenvalue weighted by molar-refractivity contribution is 5.95. The van der Waals surface area contributed by atoms with Crippen LogP contribution in [0.25, 0.3) is 0 Å². The quantitative estimate of drug-likeness (QED) is 0.758. The van der Waals surface area contributed by atoms with Crippen LogP contribution in [0.4, 0.5) is 0 Å². The number of aryl methyl sites for hydroxylation is 1. The standard InChI is InChI=1S/C22H26N2O4/c1-11-12(2)19(21(26)23-13(11)3)22(27)24-20(16-9-17(25)10-16)15-4-5-18-14(8-15)6-7-28-18/h4-5,8,16-17,20,25H,6-7,9-10H2,1-3H3,(H,23,26)(H,24,27). The van der Waals surface area contributed by atoms with Crippen molar-refractivity contribution in [2.45, 2.75) is 52.2 Å². The van der Waals surface area contributed by atoms with Gasteiger partial charge in [-0.25, -0.2) is 0 Å². The monoisotopic (exact) mass is 382 g/mol. The van der Waals surface area contributed by atoms with Crippen LogP contribution in [-0.4, -0.2) is 28.7 Å². The molecule has 0 radical (unpaired) electrons. The van der Waals surface area contributed by atoms with Crippen molar-refractivity contribution in [1.82, 2.24) is 10.3 Å². The summed E-state index contributed by atoms with van der Waals surface area (Å²) in [5, 5.41) is 12.9. The molecule has 2 aliphatic rings. The summed E-state index contributed by atoms with van der Waals surface area (Å²) in [6, 6.07) is 5.74. The molecule has 0 saturated heterocycles. The SMILES string of the molecule is Cc1[nH]c(=O)c(C(=O)NC(c2ccc3c(c2)CCO3)C2CC(O)C2)c(C)c1C. The fraction of sp³-hybridized carbons (Fsp3) is 0.455. The van der Waals surface area contributed by atoms with E-state index in [-0.39, 0.29) is 35.1 Å². The largest absolute Gasteiger partial charge is 0.493 e. The van der Waals surface area contributed by atoms with E-state index in [1.807, 2.05) is 26.0 Å². The third kappa shape index (κ3) is 3.22. The first-order chi connectivity index (χ1) is 13.3. The van der Waals surface area contributed by atoms with Crippen LogP contribution < -0.4 is 15.6 Å². The number of amides is 1. The second-order valence-electron chi connectivity index (χ2n) is 8.01. The molecule has 4 rings (SSSR count). The number of carbonyl (C=O) groups excluding carboxylic acids is 1. The molecular formula is C22H26N2O4. The smallest absolute Gasteiger partial charge is 0.261 e. The van der Waals surface area contributed by atoms with Crippen LogP contribution >= 0.6 is 0 Å². The minimum atomic E-state index is -0.370. The van der Waals surface area contributed by atoms with Gasteiger partial charge in [-0.15, -0.1) is 0 Å². The van der Waals surface area contributed by atoms with Gasteiger partial charge in [-0.1, -0.05) is 6.07 Å². The predicted octanol–water partition coefficient (Wildman–Crippen LogP) is 2.48. The Kier molecular flexibility index (Phi) is 4.75. The number of pyridine rings is 1. The van der Waals surface area contributed by atoms with Crippen molar-refractivity contribution in [3.63, 3.8) is 0 Å². The van der Waals surface area contributed by atoms with Crippen molar-refractivity contribution < 1.29 is 14.6 Å². The van der Waals surface area contributed by atoms with E-state index in [1.54, 1.807) is 6.92 Å². The number of fused-ring (bicyclic) bond motifs is 1. The topological polar surface area (TPSA) is 91.4 Å². The maximum absolute atomic E-state index is 13.1. The van der Waals surface area contributed by atoms with E-state index < -0.39 is 0 Å². The first-order valence-corrected chi connectivity index (χ1v) is 9.79. The van der Waals surface area contributed by atoms with E-state index in [0.29, 0.717) is 25.0 Å². The molecule has 1 saturated carbocycles. The maximum atomic E-state index is 13.1. The third-order valence-electron chi connectivity index (χ3n) is 6.24. The van der Waals surface area contributed by atoms with Gasteiger partial charge >= 0.3 is 0 Å². The number of aliphatic hydroxyl groups excluding tert-OH is 1. The van der Waals surface area contributed by atoms with E-state index >= 15 is 0 Å². The molecule has 0 bridgehead atoms. The molecular weight excluding hydrogens is 356 g/mol. The average Bonchev–Trinajstić information content (AvgIpc) is 3.09. The van der Waals surface area contributed by atoms with Gasteiger partial charge in [0.2, 0.25) is 0 Å². The van der Waals surface area contributed by atoms with Crippen LogP contribution in [0.15, 0.2) is 23.0 Å². The van der Waals surface area contributed by atoms with Crippen LogP contribution in [0.3, 0.4) is 0 Å². The second kappa shape index (κ2) is 7.09. The number of ether oxygens (including phenoxy) is 1. The zero-order valence-corrected chi connectivity index (χ0v) is 16.5. The van der Waals surface area contributed by atoms with E-state index in [9.17, 15) is 14.7 Å². The first-order valence-electron chi connectivity index (χ1n) is 9.79. The van der Waals surface area contributed by atoms with Gasteiger partial charge in [0.05, 0.1) is 18.8 Å². The lowest BCUT2D eigenvalue weighted by Crippen LogP contribution is -2.43. The van der Waals surface area contributed by atoms with E-state index in [4.69, 9.17) is 4.74 Å². The summed E-state index contributed by atoms with van der Waals surface area (Å²) < 4.78 is 5.58. The molecule has 28 heavy (non-hydrogen) atoms. The number of aromatic amines is 1. The number of benzene rings is 1. The van der Waals surface area contributed by atoms with Crippen molar-refractivity contribution >= 4 is 5.91 Å². The summed E-state index contributed by atoms with van der Waals surface area (Å²) in [6.07, 6.45) is 1.81. The lowest BCUT2D eigenvalue weighted by atomic mass is 9.74. The molecule has 1 aliphatic carbocycles. The highest BCUT2D eigenvalue weighted by Crippen LogP contribution is 2.40. The Bertz CT molecular complexity index is 989. The first kappa shape index (κ1) is 18.7. The highest BCUT2D eigenvalue weighted by Gasteiger charge is 2.36. The Labute approximate surface area is 163 Å². The summed E-state index contributed by atoms with van der Waals surface area (Å²) in [5.74, 6) is 0.666. The minimum Gasteiger partial charge on any atom is -0.493 e. The van der Waals surface area contributed by atoms with E-state index in [1.165, 1.54) is 0 Å². The maximum Gasteiger partial charge on any atom is 0.261 e. The van der Waals surface area contributed by atoms with Gasteiger partial charge < -0.3 is 20.1 Å². The van der Waals surface area contributed by atoms with Gasteiger partial charge in [-0.2, -0.15) is 0 Å². The Morgan fingerprint density at radius 1 is 1.25 bits per heavy atom. The normalized spacial score (nSPS) is 21.4. The molecule has 1 aromatic heterocycles. The molecule has 6 nitrogen and oxygen atoms in total. The molecule has 0 spiro atoms. The summed E-state index contributed by atoms with van der Waals surface area (Å²) in [5.41, 5.74) is 4.31. The number of hydrogen-bond acceptors (Lipinski definition) is 4. The van der Waals surface area contributed by atoms with Gasteiger partial charge in [0.25, 0.3) is 11.5 Å². The van der Waals surface area contributed by atoms with Crippen molar-refractivity contribution in [3.05, 3.63) is 62.1 Å². The fourth-order valence-electron chi connectivity index (χ4n) is 4.23. The van der Waals surface area contributed by atoms with Crippen molar-refractivity contribution in [2.75, 3.05) is 6.61 Å². The minimum absolute atomic E-state index is 0.144. The molecule has 1 fully saturated rings. The van der Waals surface area contributed by atoms with Gasteiger partial charge in [0, 0.05) is 12.1 Å². The fourth-order valence-corrected chi connectivity index (χ4v) is 4.23. The van der Waals surface area contributed by atoms with Gasteiger partial charge in [-0.05, 0) is 73.9 Å². The summed E-state index contributed by atoms with van der Waals surface area (Å²) in [4.78, 5) is 28.3. The number of carbonyl (C=O) groups is 1. The molecule has 1 amide bonds. The van der Waals surface area contributed by atoms with Crippen LogP contribution in [0, 0.1) is 26.7 Å². The summed E-state index contributed by atoms with van der Waals surface area (Å²) in [6.45, 7) is 6.21. The second-order valence-corrected chi connectivity index (χ2v) is 8.01. The molecule has 1 unspecified atom stereocenters. The number of H-pyrrole nitrogens is 1. The molecule has 1 aliphatic heterocycles. The number of hydrogen-bond donors (Lipinski definition) is 3. The van der Waals surface area contributed by atoms with Crippen LogP contribution in [0.5, 0.6) is 5.75 Å². The van der Waals surface area contributed by atoms with Crippen LogP contribution in [0.2, 0.25) is 0 Å². The van der Waals surface area contributed by atoms with Gasteiger partial charge in [0.15, 0.2) is 0 Å². The van der Waals surface area contributed by atoms with Gasteiger partial charge in [0.1, 0.15) is 11.3 Å². The number of nitrogens with one attached hydrogen (secondary N) is 2. The van der Waals surface area contributed by atoms with Crippen LogP contribution in [-0.2, 0) is 6.42 Å². The van der Waals surface area contributed by atoms with E-state index in [2.05, 4.69) is 16.4 Å².